The van der Waals surface area contributed by atoms with Gasteiger partial charge in [0, 0.05) is 18.5 Å². The van der Waals surface area contributed by atoms with E-state index in [0.717, 1.165) is 6.08 Å². The molecule has 2 unspecified atom stereocenters. The second kappa shape index (κ2) is 6.90. The van der Waals surface area contributed by atoms with Crippen LogP contribution in [0.2, 0.25) is 0 Å². The fourth-order valence-electron chi connectivity index (χ4n) is 2.11. The molecule has 0 spiro atoms. The molecule has 1 aliphatic heterocycles. The number of amides is 2. The first-order valence-electron chi connectivity index (χ1n) is 6.71. The van der Waals surface area contributed by atoms with Gasteiger partial charge in [0.1, 0.15) is 18.5 Å². The van der Waals surface area contributed by atoms with Crippen molar-refractivity contribution in [1.82, 2.24) is 10.6 Å². The van der Waals surface area contributed by atoms with Crippen molar-refractivity contribution in [2.75, 3.05) is 13.2 Å². The Bertz CT molecular complexity index is 544. The van der Waals surface area contributed by atoms with Gasteiger partial charge in [-0.05, 0) is 12.1 Å². The SMILES string of the molecule is C=CC(=O)NCCC(=O)NC1COc2ccccc2C1O. The van der Waals surface area contributed by atoms with E-state index in [0.29, 0.717) is 11.3 Å². The molecular formula is C15H18N2O4. The Morgan fingerprint density at radius 1 is 1.43 bits per heavy atom. The average Bonchev–Trinajstić information content (AvgIpc) is 2.50. The minimum absolute atomic E-state index is 0.129. The second-order valence-corrected chi connectivity index (χ2v) is 4.71. The van der Waals surface area contributed by atoms with Gasteiger partial charge in [0.15, 0.2) is 0 Å². The molecule has 21 heavy (non-hydrogen) atoms. The summed E-state index contributed by atoms with van der Waals surface area (Å²) in [5.41, 5.74) is 0.661. The Morgan fingerprint density at radius 3 is 2.95 bits per heavy atom. The quantitative estimate of drug-likeness (QED) is 0.680. The molecule has 0 aliphatic carbocycles. The number of nitrogens with one attached hydrogen (secondary N) is 2. The van der Waals surface area contributed by atoms with Crippen molar-refractivity contribution >= 4 is 11.8 Å². The molecular weight excluding hydrogens is 272 g/mol. The lowest BCUT2D eigenvalue weighted by atomic mass is 9.99. The third-order valence-corrected chi connectivity index (χ3v) is 3.22. The summed E-state index contributed by atoms with van der Waals surface area (Å²) in [6.07, 6.45) is 0.472. The van der Waals surface area contributed by atoms with Gasteiger partial charge in [-0.25, -0.2) is 0 Å². The third-order valence-electron chi connectivity index (χ3n) is 3.22. The van der Waals surface area contributed by atoms with E-state index in [9.17, 15) is 14.7 Å². The van der Waals surface area contributed by atoms with Crippen molar-refractivity contribution < 1.29 is 19.4 Å². The molecule has 1 aromatic rings. The highest BCUT2D eigenvalue weighted by molar-refractivity contribution is 5.87. The summed E-state index contributed by atoms with van der Waals surface area (Å²) in [4.78, 5) is 22.7. The fourth-order valence-corrected chi connectivity index (χ4v) is 2.11. The van der Waals surface area contributed by atoms with E-state index in [-0.39, 0.29) is 31.4 Å². The number of hydrogen-bond donors (Lipinski definition) is 3. The largest absolute Gasteiger partial charge is 0.491 e. The molecule has 3 N–H and O–H groups in total. The minimum atomic E-state index is -0.804. The summed E-state index contributed by atoms with van der Waals surface area (Å²) in [6.45, 7) is 3.75. The molecule has 112 valence electrons. The van der Waals surface area contributed by atoms with Gasteiger partial charge in [0.2, 0.25) is 11.8 Å². The number of ether oxygens (including phenoxy) is 1. The van der Waals surface area contributed by atoms with Crippen LogP contribution in [0.15, 0.2) is 36.9 Å². The molecule has 1 aliphatic rings. The van der Waals surface area contributed by atoms with Crippen LogP contribution in [0.1, 0.15) is 18.1 Å². The van der Waals surface area contributed by atoms with Crippen LogP contribution < -0.4 is 15.4 Å². The van der Waals surface area contributed by atoms with E-state index < -0.39 is 12.1 Å². The van der Waals surface area contributed by atoms with Gasteiger partial charge in [-0.1, -0.05) is 24.8 Å². The maximum atomic E-state index is 11.8. The summed E-state index contributed by atoms with van der Waals surface area (Å²) in [6, 6.07) is 6.68. The van der Waals surface area contributed by atoms with Gasteiger partial charge in [-0.15, -0.1) is 0 Å². The van der Waals surface area contributed by atoms with Crippen LogP contribution in [0.4, 0.5) is 0 Å². The lowest BCUT2D eigenvalue weighted by Gasteiger charge is -2.30. The predicted molar refractivity (Wildman–Crippen MR) is 76.7 cm³/mol. The summed E-state index contributed by atoms with van der Waals surface area (Å²) in [5, 5.41) is 15.5. The summed E-state index contributed by atoms with van der Waals surface area (Å²) < 4.78 is 5.51. The van der Waals surface area contributed by atoms with Crippen LogP contribution in [0, 0.1) is 0 Å². The standard InChI is InChI=1S/C15H18N2O4/c1-2-13(18)16-8-7-14(19)17-11-9-21-12-6-4-3-5-10(12)15(11)20/h2-6,11,15,20H,1,7-9H2,(H,16,18)(H,17,19). The second-order valence-electron chi connectivity index (χ2n) is 4.71. The zero-order valence-electron chi connectivity index (χ0n) is 11.5. The maximum absolute atomic E-state index is 11.8. The molecule has 0 bridgehead atoms. The number of hydrogen-bond acceptors (Lipinski definition) is 4. The van der Waals surface area contributed by atoms with Crippen LogP contribution in [-0.2, 0) is 9.59 Å². The van der Waals surface area contributed by atoms with Gasteiger partial charge < -0.3 is 20.5 Å². The lowest BCUT2D eigenvalue weighted by Crippen LogP contribution is -2.46. The van der Waals surface area contributed by atoms with E-state index in [1.165, 1.54) is 0 Å². The van der Waals surface area contributed by atoms with Gasteiger partial charge in [0.05, 0.1) is 6.04 Å². The molecule has 2 rings (SSSR count). The van der Waals surface area contributed by atoms with Crippen molar-refractivity contribution in [3.8, 4) is 5.75 Å². The molecule has 1 aromatic carbocycles. The van der Waals surface area contributed by atoms with Crippen molar-refractivity contribution in [3.63, 3.8) is 0 Å². The normalized spacial score (nSPS) is 19.9. The first-order chi connectivity index (χ1) is 10.1. The number of fused-ring (bicyclic) bond motifs is 1. The number of aliphatic hydroxyl groups excluding tert-OH is 1. The maximum Gasteiger partial charge on any atom is 0.243 e. The number of aliphatic hydroxyl groups is 1. The van der Waals surface area contributed by atoms with Crippen molar-refractivity contribution in [1.29, 1.82) is 0 Å². The van der Waals surface area contributed by atoms with Crippen LogP contribution in [0.5, 0.6) is 5.75 Å². The minimum Gasteiger partial charge on any atom is -0.491 e. The highest BCUT2D eigenvalue weighted by Crippen LogP contribution is 2.31. The Morgan fingerprint density at radius 2 is 2.19 bits per heavy atom. The van der Waals surface area contributed by atoms with Crippen LogP contribution in [0.3, 0.4) is 0 Å². The monoisotopic (exact) mass is 290 g/mol. The zero-order chi connectivity index (χ0) is 15.2. The molecule has 0 aromatic heterocycles. The summed E-state index contributed by atoms with van der Waals surface area (Å²) >= 11 is 0. The lowest BCUT2D eigenvalue weighted by molar-refractivity contribution is -0.123. The van der Waals surface area contributed by atoms with Gasteiger partial charge in [-0.2, -0.15) is 0 Å². The molecule has 6 heteroatoms. The molecule has 0 saturated heterocycles. The number of para-hydroxylation sites is 1. The molecule has 0 saturated carbocycles. The van der Waals surface area contributed by atoms with Crippen LogP contribution in [0.25, 0.3) is 0 Å². The van der Waals surface area contributed by atoms with E-state index in [2.05, 4.69) is 17.2 Å². The Labute approximate surface area is 122 Å². The number of carbonyl (C=O) groups excluding carboxylic acids is 2. The highest BCUT2D eigenvalue weighted by atomic mass is 16.5. The summed E-state index contributed by atoms with van der Waals surface area (Å²) in [7, 11) is 0. The molecule has 0 radical (unpaired) electrons. The van der Waals surface area contributed by atoms with Crippen molar-refractivity contribution in [3.05, 3.63) is 42.5 Å². The summed E-state index contributed by atoms with van der Waals surface area (Å²) in [5.74, 6) is 0.0536. The first-order valence-corrected chi connectivity index (χ1v) is 6.71. The number of carbonyl (C=O) groups is 2. The number of rotatable bonds is 5. The smallest absolute Gasteiger partial charge is 0.243 e. The Hall–Kier alpha value is -2.34. The van der Waals surface area contributed by atoms with Gasteiger partial charge in [-0.3, -0.25) is 9.59 Å². The zero-order valence-corrected chi connectivity index (χ0v) is 11.5. The highest BCUT2D eigenvalue weighted by Gasteiger charge is 2.30. The van der Waals surface area contributed by atoms with E-state index in [1.54, 1.807) is 18.2 Å². The Balaban J connectivity index is 1.85. The molecule has 0 fully saturated rings. The molecule has 1 heterocycles. The van der Waals surface area contributed by atoms with Crippen LogP contribution >= 0.6 is 0 Å². The Kier molecular flexibility index (Phi) is 4.94. The molecule has 2 amide bonds. The molecule has 2 atom stereocenters. The third kappa shape index (κ3) is 3.82. The van der Waals surface area contributed by atoms with Gasteiger partial charge >= 0.3 is 0 Å². The van der Waals surface area contributed by atoms with Crippen molar-refractivity contribution in [2.45, 2.75) is 18.6 Å². The van der Waals surface area contributed by atoms with Gasteiger partial charge in [0.25, 0.3) is 0 Å². The fraction of sp³-hybridized carbons (Fsp3) is 0.333. The topological polar surface area (TPSA) is 87.7 Å². The van der Waals surface area contributed by atoms with E-state index >= 15 is 0 Å². The number of benzene rings is 1. The van der Waals surface area contributed by atoms with E-state index in [4.69, 9.17) is 4.74 Å². The van der Waals surface area contributed by atoms with Crippen molar-refractivity contribution in [2.24, 2.45) is 0 Å². The van der Waals surface area contributed by atoms with E-state index in [1.807, 2.05) is 6.07 Å². The van der Waals surface area contributed by atoms with Crippen LogP contribution in [-0.4, -0.2) is 36.1 Å². The predicted octanol–water partition coefficient (Wildman–Crippen LogP) is 0.289. The average molecular weight is 290 g/mol. The first kappa shape index (κ1) is 15.1. The molecule has 6 nitrogen and oxygen atoms in total.